The van der Waals surface area contributed by atoms with Crippen molar-refractivity contribution in [2.24, 2.45) is 0 Å². The maximum atomic E-state index is 13.1. The lowest BCUT2D eigenvalue weighted by molar-refractivity contribution is 0.102. The highest BCUT2D eigenvalue weighted by Gasteiger charge is 2.20. The number of hydrogen-bond donors (Lipinski definition) is 0. The number of carbonyl (C=O) groups is 1. The predicted molar refractivity (Wildman–Crippen MR) is 122 cm³/mol. The first-order valence-corrected chi connectivity index (χ1v) is 11.0. The van der Waals surface area contributed by atoms with E-state index < -0.39 is 0 Å². The molecular weight excluding hydrogens is 424 g/mol. The molecule has 0 unspecified atom stereocenters. The standard InChI is InChI=1S/C23H20N6O2S/c1-14-9-18(16(3)28(14)21-10-15(2)31-27-21)20(30)12-32-23-19-11-26-29(22(19)24-13-25-23)17-7-5-4-6-8-17/h4-11,13H,12H2,1-3H3. The Morgan fingerprint density at radius 1 is 1.09 bits per heavy atom. The molecule has 4 aromatic heterocycles. The fourth-order valence-electron chi connectivity index (χ4n) is 3.76. The SMILES string of the molecule is Cc1cc(-n2c(C)cc(C(=O)CSc3ncnc4c3cnn4-c3ccccc3)c2C)no1. The Balaban J connectivity index is 1.40. The highest BCUT2D eigenvalue weighted by atomic mass is 32.2. The predicted octanol–water partition coefficient (Wildman–Crippen LogP) is 4.49. The Morgan fingerprint density at radius 2 is 1.91 bits per heavy atom. The van der Waals surface area contributed by atoms with E-state index in [1.165, 1.54) is 18.1 Å². The highest BCUT2D eigenvalue weighted by Crippen LogP contribution is 2.28. The lowest BCUT2D eigenvalue weighted by Gasteiger charge is -2.06. The molecule has 0 fully saturated rings. The Bertz CT molecular complexity index is 1430. The van der Waals surface area contributed by atoms with E-state index in [2.05, 4.69) is 20.2 Å². The van der Waals surface area contributed by atoms with Gasteiger partial charge >= 0.3 is 0 Å². The van der Waals surface area contributed by atoms with Crippen molar-refractivity contribution in [2.75, 3.05) is 5.75 Å². The van der Waals surface area contributed by atoms with Crippen LogP contribution in [0, 0.1) is 20.8 Å². The number of aromatic nitrogens is 6. The fraction of sp³-hybridized carbons (Fsp3) is 0.174. The largest absolute Gasteiger partial charge is 0.360 e. The summed E-state index contributed by atoms with van der Waals surface area (Å²) in [4.78, 5) is 21.9. The smallest absolute Gasteiger partial charge is 0.180 e. The Labute approximate surface area is 188 Å². The van der Waals surface area contributed by atoms with E-state index in [0.29, 0.717) is 17.0 Å². The monoisotopic (exact) mass is 444 g/mol. The minimum Gasteiger partial charge on any atom is -0.360 e. The summed E-state index contributed by atoms with van der Waals surface area (Å²) < 4.78 is 8.90. The summed E-state index contributed by atoms with van der Waals surface area (Å²) in [6, 6.07) is 13.5. The van der Waals surface area contributed by atoms with Gasteiger partial charge in [0.05, 0.1) is 23.0 Å². The fourth-order valence-corrected chi connectivity index (χ4v) is 4.61. The number of aryl methyl sites for hydroxylation is 2. The number of thioether (sulfide) groups is 1. The van der Waals surface area contributed by atoms with Gasteiger partial charge in [0, 0.05) is 23.0 Å². The number of ketones is 1. The van der Waals surface area contributed by atoms with Gasteiger partial charge in [-0.05, 0) is 39.0 Å². The molecule has 0 radical (unpaired) electrons. The van der Waals surface area contributed by atoms with Crippen LogP contribution in [0.1, 0.15) is 27.5 Å². The van der Waals surface area contributed by atoms with Crippen LogP contribution in [0.3, 0.4) is 0 Å². The minimum atomic E-state index is 0.0248. The molecule has 0 aliphatic rings. The molecule has 8 nitrogen and oxygen atoms in total. The Hall–Kier alpha value is -3.72. The molecule has 32 heavy (non-hydrogen) atoms. The average Bonchev–Trinajstić information content (AvgIpc) is 3.50. The summed E-state index contributed by atoms with van der Waals surface area (Å²) in [5.74, 6) is 1.68. The zero-order valence-corrected chi connectivity index (χ0v) is 18.6. The van der Waals surface area contributed by atoms with Crippen LogP contribution in [0.25, 0.3) is 22.5 Å². The molecule has 5 aromatic rings. The molecular formula is C23H20N6O2S. The topological polar surface area (TPSA) is 91.6 Å². The lowest BCUT2D eigenvalue weighted by atomic mass is 10.2. The summed E-state index contributed by atoms with van der Waals surface area (Å²) >= 11 is 1.39. The van der Waals surface area contributed by atoms with E-state index in [1.54, 1.807) is 10.9 Å². The number of para-hydroxylation sites is 1. The quantitative estimate of drug-likeness (QED) is 0.216. The molecule has 5 rings (SSSR count). The van der Waals surface area contributed by atoms with Gasteiger partial charge in [-0.3, -0.25) is 9.36 Å². The molecule has 0 spiro atoms. The molecule has 0 bridgehead atoms. The number of hydrogen-bond acceptors (Lipinski definition) is 7. The van der Waals surface area contributed by atoms with Gasteiger partial charge in [-0.2, -0.15) is 5.10 Å². The number of rotatable bonds is 6. The summed E-state index contributed by atoms with van der Waals surface area (Å²) in [5.41, 5.74) is 4.06. The number of nitrogens with zero attached hydrogens (tertiary/aromatic N) is 6. The number of benzene rings is 1. The van der Waals surface area contributed by atoms with Crippen LogP contribution in [0.5, 0.6) is 0 Å². The first-order valence-electron chi connectivity index (χ1n) is 10.1. The van der Waals surface area contributed by atoms with Gasteiger partial charge in [0.15, 0.2) is 17.2 Å². The third-order valence-corrected chi connectivity index (χ3v) is 6.25. The van der Waals surface area contributed by atoms with Crippen molar-refractivity contribution in [2.45, 2.75) is 25.8 Å². The van der Waals surface area contributed by atoms with Crippen LogP contribution in [0.4, 0.5) is 0 Å². The van der Waals surface area contributed by atoms with Gasteiger partial charge in [-0.15, -0.1) is 0 Å². The first-order chi connectivity index (χ1) is 15.5. The van der Waals surface area contributed by atoms with E-state index in [9.17, 15) is 4.79 Å². The second-order valence-corrected chi connectivity index (χ2v) is 8.40. The molecule has 4 heterocycles. The Morgan fingerprint density at radius 3 is 2.66 bits per heavy atom. The zero-order valence-electron chi connectivity index (χ0n) is 17.8. The third kappa shape index (κ3) is 3.50. The van der Waals surface area contributed by atoms with Crippen molar-refractivity contribution in [3.63, 3.8) is 0 Å². The molecule has 9 heteroatoms. The molecule has 0 aliphatic carbocycles. The van der Waals surface area contributed by atoms with Crippen LogP contribution in [-0.4, -0.2) is 41.0 Å². The van der Waals surface area contributed by atoms with Crippen molar-refractivity contribution >= 4 is 28.6 Å². The molecule has 0 N–H and O–H groups in total. The summed E-state index contributed by atoms with van der Waals surface area (Å²) in [6.45, 7) is 5.71. The van der Waals surface area contributed by atoms with Crippen molar-refractivity contribution in [1.82, 2.24) is 29.5 Å². The van der Waals surface area contributed by atoms with Crippen molar-refractivity contribution < 1.29 is 9.32 Å². The molecule has 0 saturated carbocycles. The van der Waals surface area contributed by atoms with E-state index in [1.807, 2.05) is 67.8 Å². The van der Waals surface area contributed by atoms with E-state index in [0.717, 1.165) is 33.2 Å². The van der Waals surface area contributed by atoms with Gasteiger partial charge < -0.3 is 4.52 Å². The van der Waals surface area contributed by atoms with Crippen molar-refractivity contribution in [3.8, 4) is 11.5 Å². The maximum Gasteiger partial charge on any atom is 0.180 e. The highest BCUT2D eigenvalue weighted by molar-refractivity contribution is 8.00. The number of Topliss-reactive ketones (excluding diaryl/α,β-unsaturated/α-hetero) is 1. The molecule has 0 atom stereocenters. The van der Waals surface area contributed by atoms with Crippen LogP contribution in [0.15, 0.2) is 64.5 Å². The van der Waals surface area contributed by atoms with Crippen LogP contribution < -0.4 is 0 Å². The van der Waals surface area contributed by atoms with Gasteiger partial charge in [-0.1, -0.05) is 35.1 Å². The van der Waals surface area contributed by atoms with Gasteiger partial charge in [-0.25, -0.2) is 14.6 Å². The maximum absolute atomic E-state index is 13.1. The second kappa shape index (κ2) is 8.08. The van der Waals surface area contributed by atoms with E-state index >= 15 is 0 Å². The van der Waals surface area contributed by atoms with Crippen LogP contribution >= 0.6 is 11.8 Å². The Kier molecular flexibility index (Phi) is 5.10. The first kappa shape index (κ1) is 20.2. The number of carbonyl (C=O) groups excluding carboxylic acids is 1. The molecule has 0 aliphatic heterocycles. The van der Waals surface area contributed by atoms with E-state index in [-0.39, 0.29) is 11.5 Å². The van der Waals surface area contributed by atoms with Crippen LogP contribution in [-0.2, 0) is 0 Å². The van der Waals surface area contributed by atoms with Crippen molar-refractivity contribution in [1.29, 1.82) is 0 Å². The second-order valence-electron chi connectivity index (χ2n) is 7.44. The summed E-state index contributed by atoms with van der Waals surface area (Å²) in [6.07, 6.45) is 3.25. The van der Waals surface area contributed by atoms with Crippen molar-refractivity contribution in [3.05, 3.63) is 77.7 Å². The van der Waals surface area contributed by atoms with Gasteiger partial charge in [0.2, 0.25) is 0 Å². The minimum absolute atomic E-state index is 0.0248. The third-order valence-electron chi connectivity index (χ3n) is 5.25. The molecule has 160 valence electrons. The van der Waals surface area contributed by atoms with E-state index in [4.69, 9.17) is 4.52 Å². The molecule has 0 saturated heterocycles. The average molecular weight is 445 g/mol. The molecule has 0 amide bonds. The number of fused-ring (bicyclic) bond motifs is 1. The lowest BCUT2D eigenvalue weighted by Crippen LogP contribution is -2.06. The zero-order chi connectivity index (χ0) is 22.2. The van der Waals surface area contributed by atoms with Gasteiger partial charge in [0.1, 0.15) is 17.1 Å². The van der Waals surface area contributed by atoms with Crippen LogP contribution in [0.2, 0.25) is 0 Å². The normalized spacial score (nSPS) is 11.3. The summed E-state index contributed by atoms with van der Waals surface area (Å²) in [5, 5.41) is 10.1. The molecule has 1 aromatic carbocycles. The van der Waals surface area contributed by atoms with Gasteiger partial charge in [0.25, 0.3) is 0 Å². The summed E-state index contributed by atoms with van der Waals surface area (Å²) in [7, 11) is 0.